The minimum absolute atomic E-state index is 0.714. The SMILES string of the molecule is CCC(Br)CCNC1CCCC1. The molecule has 0 heterocycles. The summed E-state index contributed by atoms with van der Waals surface area (Å²) in [5.41, 5.74) is 0. The van der Waals surface area contributed by atoms with Crippen molar-refractivity contribution in [2.75, 3.05) is 6.54 Å². The summed E-state index contributed by atoms with van der Waals surface area (Å²) in [6.45, 7) is 3.42. The standard InChI is InChI=1S/C10H20BrN/c1-2-9(11)7-8-12-10-5-3-4-6-10/h9-10,12H,2-8H2,1H3. The van der Waals surface area contributed by atoms with Gasteiger partial charge in [-0.15, -0.1) is 0 Å². The monoisotopic (exact) mass is 233 g/mol. The van der Waals surface area contributed by atoms with Gasteiger partial charge in [-0.25, -0.2) is 0 Å². The summed E-state index contributed by atoms with van der Waals surface area (Å²) in [5.74, 6) is 0. The lowest BCUT2D eigenvalue weighted by Crippen LogP contribution is -2.28. The van der Waals surface area contributed by atoms with Crippen LogP contribution in [-0.4, -0.2) is 17.4 Å². The number of alkyl halides is 1. The second kappa shape index (κ2) is 5.98. The Bertz CT molecular complexity index is 110. The number of hydrogen-bond donors (Lipinski definition) is 1. The Morgan fingerprint density at radius 2 is 2.08 bits per heavy atom. The highest BCUT2D eigenvalue weighted by molar-refractivity contribution is 9.09. The van der Waals surface area contributed by atoms with Gasteiger partial charge < -0.3 is 5.32 Å². The quantitative estimate of drug-likeness (QED) is 0.721. The molecule has 1 fully saturated rings. The first-order valence-electron chi connectivity index (χ1n) is 5.20. The molecule has 72 valence electrons. The van der Waals surface area contributed by atoms with Crippen LogP contribution in [0.25, 0.3) is 0 Å². The Labute approximate surface area is 84.4 Å². The van der Waals surface area contributed by atoms with E-state index < -0.39 is 0 Å². The summed E-state index contributed by atoms with van der Waals surface area (Å²) in [5, 5.41) is 3.62. The highest BCUT2D eigenvalue weighted by Gasteiger charge is 2.13. The van der Waals surface area contributed by atoms with Crippen LogP contribution in [-0.2, 0) is 0 Å². The molecule has 1 saturated carbocycles. The van der Waals surface area contributed by atoms with E-state index in [2.05, 4.69) is 28.2 Å². The molecule has 0 aromatic carbocycles. The molecule has 1 N–H and O–H groups in total. The zero-order valence-corrected chi connectivity index (χ0v) is 9.57. The molecule has 1 nitrogen and oxygen atoms in total. The molecule has 0 radical (unpaired) electrons. The first-order valence-corrected chi connectivity index (χ1v) is 6.12. The van der Waals surface area contributed by atoms with Crippen molar-refractivity contribution in [3.63, 3.8) is 0 Å². The van der Waals surface area contributed by atoms with Gasteiger partial charge in [0.05, 0.1) is 0 Å². The van der Waals surface area contributed by atoms with Crippen molar-refractivity contribution in [2.24, 2.45) is 0 Å². The van der Waals surface area contributed by atoms with E-state index in [-0.39, 0.29) is 0 Å². The maximum absolute atomic E-state index is 3.65. The predicted octanol–water partition coefficient (Wildman–Crippen LogP) is 3.08. The zero-order valence-electron chi connectivity index (χ0n) is 7.98. The maximum Gasteiger partial charge on any atom is 0.0155 e. The highest BCUT2D eigenvalue weighted by atomic mass is 79.9. The van der Waals surface area contributed by atoms with Gasteiger partial charge in [0.2, 0.25) is 0 Å². The lowest BCUT2D eigenvalue weighted by Gasteiger charge is -2.13. The predicted molar refractivity (Wildman–Crippen MR) is 57.9 cm³/mol. The number of nitrogens with one attached hydrogen (secondary N) is 1. The van der Waals surface area contributed by atoms with Gasteiger partial charge in [0.25, 0.3) is 0 Å². The van der Waals surface area contributed by atoms with E-state index in [1.165, 1.54) is 45.1 Å². The summed E-state index contributed by atoms with van der Waals surface area (Å²) < 4.78 is 0. The van der Waals surface area contributed by atoms with Crippen LogP contribution in [0.5, 0.6) is 0 Å². The molecule has 0 aromatic heterocycles. The molecule has 0 aliphatic heterocycles. The van der Waals surface area contributed by atoms with Crippen LogP contribution in [0, 0.1) is 0 Å². The molecular weight excluding hydrogens is 214 g/mol. The Morgan fingerprint density at radius 1 is 1.42 bits per heavy atom. The molecule has 0 aromatic rings. The van der Waals surface area contributed by atoms with Gasteiger partial charge in [-0.1, -0.05) is 35.7 Å². The van der Waals surface area contributed by atoms with Crippen molar-refractivity contribution in [3.05, 3.63) is 0 Å². The minimum atomic E-state index is 0.714. The second-order valence-electron chi connectivity index (χ2n) is 3.73. The van der Waals surface area contributed by atoms with Gasteiger partial charge in [-0.2, -0.15) is 0 Å². The highest BCUT2D eigenvalue weighted by Crippen LogP contribution is 2.17. The van der Waals surface area contributed by atoms with E-state index in [4.69, 9.17) is 0 Å². The first kappa shape index (κ1) is 10.5. The van der Waals surface area contributed by atoms with Crippen molar-refractivity contribution < 1.29 is 0 Å². The summed E-state index contributed by atoms with van der Waals surface area (Å²) >= 11 is 3.65. The Hall–Kier alpha value is 0.440. The average molecular weight is 234 g/mol. The Kier molecular flexibility index (Phi) is 5.24. The summed E-state index contributed by atoms with van der Waals surface area (Å²) in [4.78, 5) is 0.714. The fourth-order valence-electron chi connectivity index (χ4n) is 1.78. The number of halogens is 1. The molecule has 0 saturated heterocycles. The maximum atomic E-state index is 3.65. The van der Waals surface area contributed by atoms with Crippen LogP contribution in [0.4, 0.5) is 0 Å². The molecule has 1 atom stereocenters. The lowest BCUT2D eigenvalue weighted by molar-refractivity contribution is 0.511. The van der Waals surface area contributed by atoms with E-state index in [0.717, 1.165) is 6.04 Å². The van der Waals surface area contributed by atoms with Gasteiger partial charge in [-0.05, 0) is 32.2 Å². The summed E-state index contributed by atoms with van der Waals surface area (Å²) in [6.07, 6.45) is 8.18. The summed E-state index contributed by atoms with van der Waals surface area (Å²) in [7, 11) is 0. The first-order chi connectivity index (χ1) is 5.83. The van der Waals surface area contributed by atoms with E-state index in [1.807, 2.05) is 0 Å². The molecular formula is C10H20BrN. The van der Waals surface area contributed by atoms with Gasteiger partial charge in [-0.3, -0.25) is 0 Å². The van der Waals surface area contributed by atoms with Gasteiger partial charge >= 0.3 is 0 Å². The van der Waals surface area contributed by atoms with Crippen LogP contribution in [0.15, 0.2) is 0 Å². The molecule has 1 rings (SSSR count). The van der Waals surface area contributed by atoms with E-state index in [0.29, 0.717) is 4.83 Å². The molecule has 0 bridgehead atoms. The molecule has 1 aliphatic carbocycles. The molecule has 1 aliphatic rings. The van der Waals surface area contributed by atoms with Gasteiger partial charge in [0.1, 0.15) is 0 Å². The second-order valence-corrected chi connectivity index (χ2v) is 5.02. The topological polar surface area (TPSA) is 12.0 Å². The summed E-state index contributed by atoms with van der Waals surface area (Å²) in [6, 6.07) is 0.835. The van der Waals surface area contributed by atoms with Crippen LogP contribution >= 0.6 is 15.9 Å². The largest absolute Gasteiger partial charge is 0.314 e. The normalized spacial score (nSPS) is 21.5. The third kappa shape index (κ3) is 3.90. The van der Waals surface area contributed by atoms with Gasteiger partial charge in [0, 0.05) is 10.9 Å². The van der Waals surface area contributed by atoms with Crippen LogP contribution < -0.4 is 5.32 Å². The van der Waals surface area contributed by atoms with Crippen molar-refractivity contribution in [1.82, 2.24) is 5.32 Å². The minimum Gasteiger partial charge on any atom is -0.314 e. The number of rotatable bonds is 5. The lowest BCUT2D eigenvalue weighted by atomic mass is 10.2. The fraction of sp³-hybridized carbons (Fsp3) is 1.00. The van der Waals surface area contributed by atoms with Crippen LogP contribution in [0.2, 0.25) is 0 Å². The van der Waals surface area contributed by atoms with E-state index >= 15 is 0 Å². The van der Waals surface area contributed by atoms with Crippen molar-refractivity contribution >= 4 is 15.9 Å². The zero-order chi connectivity index (χ0) is 8.81. The van der Waals surface area contributed by atoms with E-state index in [1.54, 1.807) is 0 Å². The number of hydrogen-bond acceptors (Lipinski definition) is 1. The molecule has 0 amide bonds. The third-order valence-corrected chi connectivity index (χ3v) is 3.79. The third-order valence-electron chi connectivity index (χ3n) is 2.69. The Morgan fingerprint density at radius 3 is 2.67 bits per heavy atom. The van der Waals surface area contributed by atoms with Crippen molar-refractivity contribution in [2.45, 2.75) is 56.3 Å². The van der Waals surface area contributed by atoms with Crippen LogP contribution in [0.3, 0.4) is 0 Å². The average Bonchev–Trinajstić information content (AvgIpc) is 2.57. The fourth-order valence-corrected chi connectivity index (χ4v) is 2.01. The smallest absolute Gasteiger partial charge is 0.0155 e. The Balaban J connectivity index is 1.94. The van der Waals surface area contributed by atoms with Crippen molar-refractivity contribution in [3.8, 4) is 0 Å². The van der Waals surface area contributed by atoms with Crippen molar-refractivity contribution in [1.29, 1.82) is 0 Å². The van der Waals surface area contributed by atoms with E-state index in [9.17, 15) is 0 Å². The molecule has 0 spiro atoms. The molecule has 2 heteroatoms. The molecule has 12 heavy (non-hydrogen) atoms. The van der Waals surface area contributed by atoms with Gasteiger partial charge in [0.15, 0.2) is 0 Å². The van der Waals surface area contributed by atoms with Crippen LogP contribution in [0.1, 0.15) is 45.4 Å². The molecule has 1 unspecified atom stereocenters.